The number of hydrogen-bond donors (Lipinski definition) is 1. The summed E-state index contributed by atoms with van der Waals surface area (Å²) in [5.41, 5.74) is 1.26. The van der Waals surface area contributed by atoms with Gasteiger partial charge in [-0.1, -0.05) is 25.4 Å². The number of nitrogens with one attached hydrogen (secondary N) is 1. The number of urea groups is 1. The molecule has 1 aromatic heterocycles. The number of ether oxygens (including phenoxy) is 3. The molecular formula is C29H35ClFN5O4. The first-order valence-corrected chi connectivity index (χ1v) is 14.2. The number of nitrogens with zero attached hydrogens (tertiary/aromatic N) is 4. The Morgan fingerprint density at radius 1 is 1.07 bits per heavy atom. The monoisotopic (exact) mass is 571 g/mol. The van der Waals surface area contributed by atoms with Crippen molar-refractivity contribution in [3.05, 3.63) is 47.5 Å². The maximum atomic E-state index is 13.6. The maximum Gasteiger partial charge on any atom is 0.320 e. The molecule has 11 heteroatoms. The molecule has 214 valence electrons. The van der Waals surface area contributed by atoms with E-state index in [-0.39, 0.29) is 29.4 Å². The van der Waals surface area contributed by atoms with E-state index in [9.17, 15) is 9.18 Å². The molecule has 2 saturated heterocycles. The number of anilines is 2. The number of morpholine rings is 1. The Morgan fingerprint density at radius 3 is 2.45 bits per heavy atom. The molecule has 2 fully saturated rings. The first-order valence-electron chi connectivity index (χ1n) is 13.8. The Hall–Kier alpha value is -3.37. The lowest BCUT2D eigenvalue weighted by Gasteiger charge is -2.41. The van der Waals surface area contributed by atoms with Crippen LogP contribution < -0.4 is 14.8 Å². The van der Waals surface area contributed by atoms with Gasteiger partial charge in [-0.15, -0.1) is 0 Å². The minimum Gasteiger partial charge on any atom is -0.493 e. The van der Waals surface area contributed by atoms with Gasteiger partial charge in [0.1, 0.15) is 24.1 Å². The summed E-state index contributed by atoms with van der Waals surface area (Å²) < 4.78 is 31.7. The van der Waals surface area contributed by atoms with Crippen molar-refractivity contribution < 1.29 is 23.4 Å². The second-order valence-corrected chi connectivity index (χ2v) is 10.6. The normalized spacial score (nSPS) is 20.0. The highest BCUT2D eigenvalue weighted by Crippen LogP contribution is 2.36. The van der Waals surface area contributed by atoms with Gasteiger partial charge in [0.2, 0.25) is 0 Å². The summed E-state index contributed by atoms with van der Waals surface area (Å²) in [6, 6.07) is 8.13. The Kier molecular flexibility index (Phi) is 8.75. The average molecular weight is 572 g/mol. The molecule has 3 heterocycles. The molecule has 2 aromatic carbocycles. The minimum atomic E-state index is -0.492. The summed E-state index contributed by atoms with van der Waals surface area (Å²) >= 11 is 5.95. The van der Waals surface area contributed by atoms with Crippen LogP contribution in [-0.4, -0.2) is 77.4 Å². The molecule has 0 radical (unpaired) electrons. The molecule has 5 rings (SSSR count). The van der Waals surface area contributed by atoms with Crippen LogP contribution in [0.1, 0.15) is 39.5 Å². The van der Waals surface area contributed by atoms with Crippen LogP contribution in [0, 0.1) is 5.82 Å². The van der Waals surface area contributed by atoms with E-state index in [1.807, 2.05) is 15.9 Å². The average Bonchev–Trinajstić information content (AvgIpc) is 2.98. The van der Waals surface area contributed by atoms with Gasteiger partial charge in [-0.25, -0.2) is 19.2 Å². The van der Waals surface area contributed by atoms with E-state index in [2.05, 4.69) is 29.1 Å². The van der Waals surface area contributed by atoms with Crippen LogP contribution in [0.25, 0.3) is 10.9 Å². The van der Waals surface area contributed by atoms with Gasteiger partial charge in [0.15, 0.2) is 11.5 Å². The zero-order valence-corrected chi connectivity index (χ0v) is 23.8. The van der Waals surface area contributed by atoms with Crippen LogP contribution in [-0.2, 0) is 4.74 Å². The van der Waals surface area contributed by atoms with Crippen molar-refractivity contribution in [2.24, 2.45) is 0 Å². The first-order chi connectivity index (χ1) is 19.4. The number of carbonyl (C=O) groups is 1. The highest BCUT2D eigenvalue weighted by Gasteiger charge is 2.33. The quantitative estimate of drug-likeness (QED) is 0.370. The molecule has 0 spiro atoms. The predicted molar refractivity (Wildman–Crippen MR) is 152 cm³/mol. The Bertz CT molecular complexity index is 1340. The number of hydrogen-bond acceptors (Lipinski definition) is 7. The fourth-order valence-electron chi connectivity index (χ4n) is 5.20. The topological polar surface area (TPSA) is 89.1 Å². The van der Waals surface area contributed by atoms with Crippen LogP contribution >= 0.6 is 11.6 Å². The molecule has 2 amide bonds. The van der Waals surface area contributed by atoms with Crippen molar-refractivity contribution in [3.8, 4) is 11.5 Å². The van der Waals surface area contributed by atoms with Crippen molar-refractivity contribution >= 4 is 40.0 Å². The Balaban J connectivity index is 1.28. The summed E-state index contributed by atoms with van der Waals surface area (Å²) in [5.74, 6) is 1.17. The third-order valence-corrected chi connectivity index (χ3v) is 7.81. The second-order valence-electron chi connectivity index (χ2n) is 10.2. The zero-order chi connectivity index (χ0) is 28.2. The smallest absolute Gasteiger partial charge is 0.320 e. The number of likely N-dealkylation sites (tertiary alicyclic amines) is 1. The summed E-state index contributed by atoms with van der Waals surface area (Å²) in [4.78, 5) is 25.9. The number of methoxy groups -OCH3 is 1. The maximum absolute atomic E-state index is 13.6. The van der Waals surface area contributed by atoms with Crippen LogP contribution in [0.2, 0.25) is 5.02 Å². The van der Waals surface area contributed by atoms with Crippen molar-refractivity contribution in [1.82, 2.24) is 19.8 Å². The standard InChI is InChI=1S/C29H35ClFN5O4/c1-4-19-15-36(16-20(5-2)39-19)29(37)35-10-8-21(9-11-35)40-27-13-22-25(14-26(27)38-3)32-17-33-28(22)34-18-6-7-24(31)23(30)12-18/h6-7,12-14,17,19-21H,4-5,8-11,15-16H2,1-3H3,(H,32,33,34)/t19-,20+. The summed E-state index contributed by atoms with van der Waals surface area (Å²) in [6.07, 6.45) is 4.74. The van der Waals surface area contributed by atoms with Gasteiger partial charge in [0.05, 0.1) is 29.9 Å². The van der Waals surface area contributed by atoms with E-state index >= 15 is 0 Å². The van der Waals surface area contributed by atoms with Gasteiger partial charge < -0.3 is 29.3 Å². The number of piperidine rings is 1. The number of halogens is 2. The molecule has 0 saturated carbocycles. The third kappa shape index (κ3) is 6.18. The molecule has 40 heavy (non-hydrogen) atoms. The van der Waals surface area contributed by atoms with Gasteiger partial charge >= 0.3 is 6.03 Å². The number of rotatable bonds is 7. The van der Waals surface area contributed by atoms with Gasteiger partial charge in [-0.2, -0.15) is 0 Å². The van der Waals surface area contributed by atoms with E-state index in [1.54, 1.807) is 19.2 Å². The van der Waals surface area contributed by atoms with Crippen LogP contribution in [0.5, 0.6) is 11.5 Å². The highest BCUT2D eigenvalue weighted by atomic mass is 35.5. The van der Waals surface area contributed by atoms with Gasteiger partial charge in [-0.3, -0.25) is 0 Å². The van der Waals surface area contributed by atoms with E-state index in [0.717, 1.165) is 18.2 Å². The van der Waals surface area contributed by atoms with Gasteiger partial charge in [0.25, 0.3) is 0 Å². The first kappa shape index (κ1) is 28.2. The van der Waals surface area contributed by atoms with Crippen LogP contribution in [0.3, 0.4) is 0 Å². The molecule has 0 aliphatic carbocycles. The Morgan fingerprint density at radius 2 is 1.80 bits per heavy atom. The van der Waals surface area contributed by atoms with E-state index in [4.69, 9.17) is 25.8 Å². The lowest BCUT2D eigenvalue weighted by atomic mass is 10.1. The second kappa shape index (κ2) is 12.4. The number of amides is 2. The predicted octanol–water partition coefficient (Wildman–Crippen LogP) is 6.03. The zero-order valence-electron chi connectivity index (χ0n) is 23.0. The van der Waals surface area contributed by atoms with E-state index < -0.39 is 5.82 Å². The SMILES string of the molecule is CC[C@@H]1CN(C(=O)N2CCC(Oc3cc4c(Nc5ccc(F)c(Cl)c5)ncnc4cc3OC)CC2)C[C@H](CC)O1. The number of benzene rings is 2. The van der Waals surface area contributed by atoms with E-state index in [1.165, 1.54) is 18.5 Å². The number of carbonyl (C=O) groups excluding carboxylic acids is 1. The molecule has 0 bridgehead atoms. The number of fused-ring (bicyclic) bond motifs is 1. The highest BCUT2D eigenvalue weighted by molar-refractivity contribution is 6.31. The van der Waals surface area contributed by atoms with E-state index in [0.29, 0.717) is 67.5 Å². The summed E-state index contributed by atoms with van der Waals surface area (Å²) in [7, 11) is 1.59. The molecule has 9 nitrogen and oxygen atoms in total. The number of aromatic nitrogens is 2. The summed E-state index contributed by atoms with van der Waals surface area (Å²) in [5, 5.41) is 3.92. The van der Waals surface area contributed by atoms with Crippen LogP contribution in [0.15, 0.2) is 36.7 Å². The fourth-order valence-corrected chi connectivity index (χ4v) is 5.38. The largest absolute Gasteiger partial charge is 0.493 e. The Labute approximate surface area is 238 Å². The van der Waals surface area contributed by atoms with Crippen LogP contribution in [0.4, 0.5) is 20.7 Å². The molecule has 2 aliphatic heterocycles. The fraction of sp³-hybridized carbons (Fsp3) is 0.483. The lowest BCUT2D eigenvalue weighted by molar-refractivity contribution is -0.0781. The van der Waals surface area contributed by atoms with Crippen molar-refractivity contribution in [1.29, 1.82) is 0 Å². The molecule has 0 unspecified atom stereocenters. The molecular weight excluding hydrogens is 537 g/mol. The summed E-state index contributed by atoms with van der Waals surface area (Å²) in [6.45, 7) is 6.70. The third-order valence-electron chi connectivity index (χ3n) is 7.52. The molecule has 2 atom stereocenters. The minimum absolute atomic E-state index is 0.0165. The molecule has 1 N–H and O–H groups in total. The molecule has 2 aliphatic rings. The van der Waals surface area contributed by atoms with Crippen molar-refractivity contribution in [3.63, 3.8) is 0 Å². The molecule has 3 aromatic rings. The van der Waals surface area contributed by atoms with Gasteiger partial charge in [0, 0.05) is 56.2 Å². The van der Waals surface area contributed by atoms with Crippen molar-refractivity contribution in [2.75, 3.05) is 38.6 Å². The lowest BCUT2D eigenvalue weighted by Crippen LogP contribution is -2.55. The van der Waals surface area contributed by atoms with Crippen molar-refractivity contribution in [2.45, 2.75) is 57.8 Å². The van der Waals surface area contributed by atoms with Gasteiger partial charge in [-0.05, 0) is 37.1 Å².